The molecule has 2 heterocycles. The van der Waals surface area contributed by atoms with E-state index in [-0.39, 0.29) is 24.6 Å². The van der Waals surface area contributed by atoms with Gasteiger partial charge in [-0.2, -0.15) is 0 Å². The minimum absolute atomic E-state index is 0.0941. The molecule has 0 radical (unpaired) electrons. The van der Waals surface area contributed by atoms with E-state index in [0.717, 1.165) is 21.3 Å². The van der Waals surface area contributed by atoms with Crippen LogP contribution in [0.25, 0.3) is 0 Å². The second kappa shape index (κ2) is 9.26. The fourth-order valence-corrected chi connectivity index (χ4v) is 5.92. The van der Waals surface area contributed by atoms with E-state index in [4.69, 9.17) is 19.2 Å². The van der Waals surface area contributed by atoms with Crippen molar-refractivity contribution in [1.82, 2.24) is 0 Å². The molecule has 2 unspecified atom stereocenters. The maximum Gasteiger partial charge on any atom is 0.336 e. The molecule has 2 aliphatic heterocycles. The summed E-state index contributed by atoms with van der Waals surface area (Å²) in [6.45, 7) is 6.39. The van der Waals surface area contributed by atoms with Crippen LogP contribution in [0.15, 0.2) is 63.2 Å². The highest BCUT2D eigenvalue weighted by atomic mass is 79.9. The van der Waals surface area contributed by atoms with Gasteiger partial charge in [-0.1, -0.05) is 60.1 Å². The summed E-state index contributed by atoms with van der Waals surface area (Å²) in [5, 5.41) is 0. The van der Waals surface area contributed by atoms with E-state index in [1.807, 2.05) is 49.4 Å². The van der Waals surface area contributed by atoms with E-state index in [9.17, 15) is 9.59 Å². The van der Waals surface area contributed by atoms with Crippen molar-refractivity contribution >= 4 is 33.4 Å². The first-order valence-electron chi connectivity index (χ1n) is 11.8. The Morgan fingerprint density at radius 1 is 1.11 bits per heavy atom. The van der Waals surface area contributed by atoms with E-state index in [0.29, 0.717) is 42.0 Å². The van der Waals surface area contributed by atoms with Gasteiger partial charge in [0.25, 0.3) is 0 Å². The zero-order valence-corrected chi connectivity index (χ0v) is 21.7. The largest absolute Gasteiger partial charge is 0.462 e. The first-order valence-corrected chi connectivity index (χ1v) is 12.6. The van der Waals surface area contributed by atoms with Crippen molar-refractivity contribution in [3.05, 3.63) is 69.3 Å². The third-order valence-electron chi connectivity index (χ3n) is 6.88. The Kier molecular flexibility index (Phi) is 6.30. The Morgan fingerprint density at radius 2 is 1.83 bits per heavy atom. The maximum atomic E-state index is 13.5. The van der Waals surface area contributed by atoms with Crippen molar-refractivity contribution in [1.29, 1.82) is 0 Å². The molecule has 5 rings (SSSR count). The van der Waals surface area contributed by atoms with Gasteiger partial charge in [0.2, 0.25) is 6.79 Å². The molecule has 1 saturated carbocycles. The van der Waals surface area contributed by atoms with Crippen molar-refractivity contribution in [2.24, 2.45) is 16.3 Å². The fraction of sp³-hybridized carbons (Fsp3) is 0.393. The van der Waals surface area contributed by atoms with Crippen LogP contribution in [0.1, 0.15) is 50.7 Å². The Morgan fingerprint density at radius 3 is 2.57 bits per heavy atom. The molecule has 6 nitrogen and oxygen atoms in total. The second-order valence-corrected chi connectivity index (χ2v) is 11.0. The van der Waals surface area contributed by atoms with Gasteiger partial charge >= 0.3 is 5.97 Å². The van der Waals surface area contributed by atoms with E-state index < -0.39 is 17.8 Å². The van der Waals surface area contributed by atoms with Crippen molar-refractivity contribution < 1.29 is 23.8 Å². The maximum absolute atomic E-state index is 13.5. The second-order valence-electron chi connectivity index (χ2n) is 10.1. The van der Waals surface area contributed by atoms with E-state index in [1.165, 1.54) is 0 Å². The highest BCUT2D eigenvalue weighted by molar-refractivity contribution is 9.10. The summed E-state index contributed by atoms with van der Waals surface area (Å²) in [6, 6.07) is 13.6. The van der Waals surface area contributed by atoms with Crippen LogP contribution in [0.3, 0.4) is 0 Å². The lowest BCUT2D eigenvalue weighted by molar-refractivity contribution is -0.139. The molecule has 0 spiro atoms. The van der Waals surface area contributed by atoms with Crippen LogP contribution in [0, 0.1) is 11.3 Å². The molecule has 1 aliphatic carbocycles. The van der Waals surface area contributed by atoms with Gasteiger partial charge < -0.3 is 14.2 Å². The molecule has 7 heteroatoms. The van der Waals surface area contributed by atoms with Gasteiger partial charge in [0.15, 0.2) is 11.5 Å². The summed E-state index contributed by atoms with van der Waals surface area (Å²) in [7, 11) is 0. The number of allylic oxidation sites excluding steroid dienone is 1. The van der Waals surface area contributed by atoms with Gasteiger partial charge in [0.1, 0.15) is 5.78 Å². The number of aliphatic imine (C=N–C) groups is 1. The van der Waals surface area contributed by atoms with Crippen LogP contribution < -0.4 is 9.47 Å². The predicted molar refractivity (Wildman–Crippen MR) is 136 cm³/mol. The van der Waals surface area contributed by atoms with Gasteiger partial charge in [-0.25, -0.2) is 4.79 Å². The summed E-state index contributed by atoms with van der Waals surface area (Å²) in [6.07, 6.45) is 1.75. The summed E-state index contributed by atoms with van der Waals surface area (Å²) >= 11 is 3.66. The molecule has 182 valence electrons. The standard InChI is InChI=1S/C28H28BrNO5/c1-16-24(27(32)33-10-9-17-7-5-4-6-8-17)25(18-11-22-23(12-19(18)29)35-15-34-22)26-20(30-16)13-28(2,3)14-21(26)31/h4-8,11-12,25-26H,9-10,13-15H2,1-3H3. The van der Waals surface area contributed by atoms with Crippen LogP contribution >= 0.6 is 15.9 Å². The summed E-state index contributed by atoms with van der Waals surface area (Å²) < 4.78 is 17.7. The first kappa shape index (κ1) is 23.8. The molecule has 3 aliphatic rings. The SMILES string of the molecule is CC1=C(C(=O)OCCc2ccccc2)C(c2cc3c(cc2Br)OCO3)C2C(=O)CC(C)(C)CC2=N1. The summed E-state index contributed by atoms with van der Waals surface area (Å²) in [5.74, 6) is -0.135. The van der Waals surface area contributed by atoms with Crippen molar-refractivity contribution in [3.63, 3.8) is 0 Å². The number of hydrogen-bond acceptors (Lipinski definition) is 6. The molecule has 0 N–H and O–H groups in total. The number of benzene rings is 2. The molecular formula is C28H28BrNO5. The first-order chi connectivity index (χ1) is 16.7. The molecule has 0 aromatic heterocycles. The van der Waals surface area contributed by atoms with Gasteiger partial charge in [-0.15, -0.1) is 0 Å². The number of carbonyl (C=O) groups is 2. The van der Waals surface area contributed by atoms with Gasteiger partial charge in [0.05, 0.1) is 18.1 Å². The normalized spacial score (nSPS) is 22.5. The summed E-state index contributed by atoms with van der Waals surface area (Å²) in [5.41, 5.74) is 3.58. The lowest BCUT2D eigenvalue weighted by Gasteiger charge is -2.41. The number of fused-ring (bicyclic) bond motifs is 2. The highest BCUT2D eigenvalue weighted by Gasteiger charge is 2.48. The quantitative estimate of drug-likeness (QED) is 0.452. The smallest absolute Gasteiger partial charge is 0.336 e. The zero-order chi connectivity index (χ0) is 24.7. The Hall–Kier alpha value is -2.93. The molecule has 0 saturated heterocycles. The van der Waals surface area contributed by atoms with Crippen molar-refractivity contribution in [2.45, 2.75) is 46.0 Å². The zero-order valence-electron chi connectivity index (χ0n) is 20.1. The molecule has 0 amide bonds. The van der Waals surface area contributed by atoms with Gasteiger partial charge in [0, 0.05) is 34.6 Å². The van der Waals surface area contributed by atoms with Gasteiger partial charge in [-0.3, -0.25) is 9.79 Å². The number of esters is 1. The average molecular weight is 538 g/mol. The number of nitrogens with zero attached hydrogens (tertiary/aromatic N) is 1. The number of carbonyl (C=O) groups excluding carboxylic acids is 2. The Bertz CT molecular complexity index is 1250. The number of ketones is 1. The summed E-state index contributed by atoms with van der Waals surface area (Å²) in [4.78, 5) is 31.8. The average Bonchev–Trinajstić information content (AvgIpc) is 3.24. The van der Waals surface area contributed by atoms with E-state index in [1.54, 1.807) is 0 Å². The monoisotopic (exact) mass is 537 g/mol. The fourth-order valence-electron chi connectivity index (χ4n) is 5.35. The lowest BCUT2D eigenvalue weighted by atomic mass is 9.63. The Balaban J connectivity index is 1.53. The minimum atomic E-state index is -0.515. The Labute approximate surface area is 213 Å². The third kappa shape index (κ3) is 4.66. The molecule has 2 atom stereocenters. The minimum Gasteiger partial charge on any atom is -0.462 e. The lowest BCUT2D eigenvalue weighted by Crippen LogP contribution is -2.44. The number of halogens is 1. The van der Waals surface area contributed by atoms with Crippen LogP contribution in [0.5, 0.6) is 11.5 Å². The van der Waals surface area contributed by atoms with Crippen LogP contribution in [-0.4, -0.2) is 30.9 Å². The predicted octanol–water partition coefficient (Wildman–Crippen LogP) is 5.78. The van der Waals surface area contributed by atoms with Gasteiger partial charge in [-0.05, 0) is 42.0 Å². The van der Waals surface area contributed by atoms with Crippen LogP contribution in [0.4, 0.5) is 0 Å². The highest BCUT2D eigenvalue weighted by Crippen LogP contribution is 2.50. The number of ether oxygens (including phenoxy) is 3. The molecule has 2 aromatic rings. The number of Topliss-reactive ketones (excluding diaryl/α,β-unsaturated/α-hetero) is 1. The van der Waals surface area contributed by atoms with Crippen molar-refractivity contribution in [3.8, 4) is 11.5 Å². The molecule has 1 fully saturated rings. The van der Waals surface area contributed by atoms with Crippen LogP contribution in [-0.2, 0) is 20.7 Å². The topological polar surface area (TPSA) is 74.2 Å². The number of rotatable bonds is 5. The third-order valence-corrected chi connectivity index (χ3v) is 7.56. The van der Waals surface area contributed by atoms with E-state index in [2.05, 4.69) is 29.8 Å². The number of hydrogen-bond donors (Lipinski definition) is 0. The molecule has 35 heavy (non-hydrogen) atoms. The molecule has 2 aromatic carbocycles. The van der Waals surface area contributed by atoms with Crippen LogP contribution in [0.2, 0.25) is 0 Å². The van der Waals surface area contributed by atoms with Crippen molar-refractivity contribution in [2.75, 3.05) is 13.4 Å². The molecular weight excluding hydrogens is 510 g/mol. The van der Waals surface area contributed by atoms with E-state index >= 15 is 0 Å². The molecule has 0 bridgehead atoms.